The third-order valence-corrected chi connectivity index (χ3v) is 6.89. The average Bonchev–Trinajstić information content (AvgIpc) is 2.97. The van der Waals surface area contributed by atoms with Gasteiger partial charge in [0.25, 0.3) is 0 Å². The number of carbonyl (C=O) groups excluding carboxylic acids is 1. The van der Waals surface area contributed by atoms with Gasteiger partial charge in [-0.1, -0.05) is 44.2 Å². The van der Waals surface area contributed by atoms with E-state index in [1.54, 1.807) is 12.3 Å². The molecule has 154 valence electrons. The minimum absolute atomic E-state index is 0.0148. The Kier molecular flexibility index (Phi) is 5.21. The van der Waals surface area contributed by atoms with E-state index in [0.717, 1.165) is 16.8 Å². The SMILES string of the molecule is CC1C[C@@]2(O)C(=O)OC(C)C2[C@@H](/C=C/c2ccc(-c3ccccc3C#N)cn2)C1C. The first kappa shape index (κ1) is 20.3. The van der Waals surface area contributed by atoms with Gasteiger partial charge in [-0.25, -0.2) is 4.79 Å². The quantitative estimate of drug-likeness (QED) is 0.777. The summed E-state index contributed by atoms with van der Waals surface area (Å²) in [7, 11) is 0. The molecule has 0 radical (unpaired) electrons. The highest BCUT2D eigenvalue weighted by Crippen LogP contribution is 2.51. The monoisotopic (exact) mass is 402 g/mol. The molecule has 1 saturated heterocycles. The third kappa shape index (κ3) is 3.32. The van der Waals surface area contributed by atoms with Crippen LogP contribution in [0, 0.1) is 35.0 Å². The number of esters is 1. The lowest BCUT2D eigenvalue weighted by molar-refractivity contribution is -0.160. The average molecular weight is 402 g/mol. The van der Waals surface area contributed by atoms with E-state index in [9.17, 15) is 15.2 Å². The third-order valence-electron chi connectivity index (χ3n) is 6.89. The van der Waals surface area contributed by atoms with Crippen molar-refractivity contribution >= 4 is 12.0 Å². The van der Waals surface area contributed by atoms with Gasteiger partial charge in [-0.3, -0.25) is 4.98 Å². The highest BCUT2D eigenvalue weighted by atomic mass is 16.6. The largest absolute Gasteiger partial charge is 0.460 e. The number of ether oxygens (including phenoxy) is 1. The van der Waals surface area contributed by atoms with Crippen LogP contribution in [0.5, 0.6) is 0 Å². The van der Waals surface area contributed by atoms with Gasteiger partial charge in [-0.2, -0.15) is 5.26 Å². The summed E-state index contributed by atoms with van der Waals surface area (Å²) in [5.74, 6) is -0.215. The minimum Gasteiger partial charge on any atom is -0.460 e. The standard InChI is InChI=1S/C25H26N2O3/c1-15-12-25(29)23(17(3)30-24(25)28)21(16(15)2)11-10-20-9-8-19(14-27-20)22-7-5-4-6-18(22)13-26/h4-11,14-17,21,23,29H,12H2,1-3H3/b11-10+/t15?,16?,17?,21-,23?,25-/m0/s1. The van der Waals surface area contributed by atoms with Crippen molar-refractivity contribution in [1.29, 1.82) is 5.26 Å². The van der Waals surface area contributed by atoms with Crippen LogP contribution in [0.1, 0.15) is 38.4 Å². The molecule has 1 aliphatic carbocycles. The molecule has 5 nitrogen and oxygen atoms in total. The number of hydrogen-bond donors (Lipinski definition) is 1. The first-order chi connectivity index (χ1) is 14.3. The molecule has 5 heteroatoms. The fourth-order valence-electron chi connectivity index (χ4n) is 5.10. The number of carbonyl (C=O) groups is 1. The van der Waals surface area contributed by atoms with E-state index in [1.807, 2.05) is 43.3 Å². The van der Waals surface area contributed by atoms with Gasteiger partial charge in [-0.05, 0) is 49.3 Å². The molecule has 0 amide bonds. The molecular formula is C25H26N2O3. The van der Waals surface area contributed by atoms with Crippen LogP contribution in [0.3, 0.4) is 0 Å². The number of aliphatic hydroxyl groups is 1. The Balaban J connectivity index is 1.60. The molecule has 4 rings (SSSR count). The zero-order chi connectivity index (χ0) is 21.5. The Morgan fingerprint density at radius 2 is 2.00 bits per heavy atom. The number of rotatable bonds is 3. The normalized spacial score (nSPS) is 33.2. The van der Waals surface area contributed by atoms with Crippen molar-refractivity contribution in [3.8, 4) is 17.2 Å². The van der Waals surface area contributed by atoms with Crippen LogP contribution in [0.4, 0.5) is 0 Å². The van der Waals surface area contributed by atoms with Crippen molar-refractivity contribution in [3.63, 3.8) is 0 Å². The predicted octanol–water partition coefficient (Wildman–Crippen LogP) is 4.22. The van der Waals surface area contributed by atoms with Gasteiger partial charge in [-0.15, -0.1) is 0 Å². The van der Waals surface area contributed by atoms with E-state index in [0.29, 0.717) is 17.9 Å². The second-order valence-electron chi connectivity index (χ2n) is 8.67. The Morgan fingerprint density at radius 3 is 2.70 bits per heavy atom. The molecule has 2 fully saturated rings. The van der Waals surface area contributed by atoms with E-state index in [2.05, 4.69) is 31.0 Å². The van der Waals surface area contributed by atoms with Gasteiger partial charge in [0.1, 0.15) is 6.10 Å². The van der Waals surface area contributed by atoms with Crippen LogP contribution in [0.25, 0.3) is 17.2 Å². The summed E-state index contributed by atoms with van der Waals surface area (Å²) in [4.78, 5) is 16.8. The minimum atomic E-state index is -1.40. The molecule has 2 aliphatic rings. The topological polar surface area (TPSA) is 83.2 Å². The van der Waals surface area contributed by atoms with Crippen LogP contribution in [-0.4, -0.2) is 27.8 Å². The lowest BCUT2D eigenvalue weighted by Crippen LogP contribution is -2.52. The smallest absolute Gasteiger partial charge is 0.338 e. The molecule has 30 heavy (non-hydrogen) atoms. The molecule has 1 saturated carbocycles. The molecule has 0 bridgehead atoms. The summed E-state index contributed by atoms with van der Waals surface area (Å²) in [6.45, 7) is 6.11. The van der Waals surface area contributed by atoms with Gasteiger partial charge in [0.2, 0.25) is 0 Å². The number of nitrogens with zero attached hydrogens (tertiary/aromatic N) is 2. The van der Waals surface area contributed by atoms with Gasteiger partial charge in [0.05, 0.1) is 17.3 Å². The summed E-state index contributed by atoms with van der Waals surface area (Å²) in [6, 6.07) is 13.5. The van der Waals surface area contributed by atoms with E-state index >= 15 is 0 Å². The fourth-order valence-corrected chi connectivity index (χ4v) is 5.10. The molecule has 2 aromatic rings. The first-order valence-electron chi connectivity index (χ1n) is 10.4. The van der Waals surface area contributed by atoms with Crippen LogP contribution in [0.15, 0.2) is 48.7 Å². The second-order valence-corrected chi connectivity index (χ2v) is 8.67. The Bertz CT molecular complexity index is 1020. The van der Waals surface area contributed by atoms with Crippen LogP contribution < -0.4 is 0 Å². The summed E-state index contributed by atoms with van der Waals surface area (Å²) < 4.78 is 5.41. The van der Waals surface area contributed by atoms with Gasteiger partial charge in [0.15, 0.2) is 5.60 Å². The van der Waals surface area contributed by atoms with Crippen molar-refractivity contribution in [2.45, 2.75) is 38.9 Å². The number of benzene rings is 1. The molecule has 1 N–H and O–H groups in total. The maximum absolute atomic E-state index is 12.3. The van der Waals surface area contributed by atoms with Crippen molar-refractivity contribution in [2.75, 3.05) is 0 Å². The molecule has 2 heterocycles. The number of aromatic nitrogens is 1. The zero-order valence-corrected chi connectivity index (χ0v) is 17.4. The van der Waals surface area contributed by atoms with Crippen LogP contribution in [0.2, 0.25) is 0 Å². The Hall–Kier alpha value is -2.97. The Morgan fingerprint density at radius 1 is 1.23 bits per heavy atom. The number of fused-ring (bicyclic) bond motifs is 1. The summed E-state index contributed by atoms with van der Waals surface area (Å²) >= 11 is 0. The fraction of sp³-hybridized carbons (Fsp3) is 0.400. The lowest BCUT2D eigenvalue weighted by Gasteiger charge is -2.44. The van der Waals surface area contributed by atoms with Crippen molar-refractivity contribution in [1.82, 2.24) is 4.98 Å². The van der Waals surface area contributed by atoms with Crippen molar-refractivity contribution < 1.29 is 14.6 Å². The summed E-state index contributed by atoms with van der Waals surface area (Å²) in [6.07, 6.45) is 5.92. The molecule has 4 unspecified atom stereocenters. The maximum Gasteiger partial charge on any atom is 0.338 e. The molecule has 1 aromatic heterocycles. The second kappa shape index (κ2) is 7.70. The Labute approximate surface area is 177 Å². The van der Waals surface area contributed by atoms with E-state index in [1.165, 1.54) is 0 Å². The number of cyclic esters (lactones) is 1. The van der Waals surface area contributed by atoms with E-state index in [-0.39, 0.29) is 23.9 Å². The zero-order valence-electron chi connectivity index (χ0n) is 17.4. The van der Waals surface area contributed by atoms with Gasteiger partial charge < -0.3 is 9.84 Å². The highest BCUT2D eigenvalue weighted by Gasteiger charge is 2.61. The first-order valence-corrected chi connectivity index (χ1v) is 10.4. The predicted molar refractivity (Wildman–Crippen MR) is 114 cm³/mol. The van der Waals surface area contributed by atoms with Crippen molar-refractivity contribution in [2.24, 2.45) is 23.7 Å². The number of pyridine rings is 1. The highest BCUT2D eigenvalue weighted by molar-refractivity contribution is 5.82. The molecule has 1 aromatic carbocycles. The summed E-state index contributed by atoms with van der Waals surface area (Å²) in [5, 5.41) is 20.4. The maximum atomic E-state index is 12.3. The van der Waals surface area contributed by atoms with Gasteiger partial charge in [0, 0.05) is 23.2 Å². The van der Waals surface area contributed by atoms with Crippen LogP contribution >= 0.6 is 0 Å². The molecule has 6 atom stereocenters. The molecular weight excluding hydrogens is 376 g/mol. The number of hydrogen-bond acceptors (Lipinski definition) is 5. The van der Waals surface area contributed by atoms with Crippen molar-refractivity contribution in [3.05, 3.63) is 59.9 Å². The number of nitriles is 1. The molecule has 0 spiro atoms. The number of allylic oxidation sites excluding steroid dienone is 1. The van der Waals surface area contributed by atoms with Gasteiger partial charge >= 0.3 is 5.97 Å². The van der Waals surface area contributed by atoms with E-state index in [4.69, 9.17) is 4.74 Å². The van der Waals surface area contributed by atoms with Crippen LogP contribution in [-0.2, 0) is 9.53 Å². The summed E-state index contributed by atoms with van der Waals surface area (Å²) in [5.41, 5.74) is 1.75. The lowest BCUT2D eigenvalue weighted by atomic mass is 9.60. The van der Waals surface area contributed by atoms with E-state index < -0.39 is 11.6 Å². The molecule has 1 aliphatic heterocycles.